The van der Waals surface area contributed by atoms with Crippen LogP contribution in [0.25, 0.3) is 0 Å². The van der Waals surface area contributed by atoms with Crippen LogP contribution in [0, 0.1) is 0 Å². The summed E-state index contributed by atoms with van der Waals surface area (Å²) in [6.07, 6.45) is 3.46. The number of pyridine rings is 1. The van der Waals surface area contributed by atoms with Gasteiger partial charge in [0.25, 0.3) is 0 Å². The Bertz CT molecular complexity index is 263. The molecule has 0 saturated carbocycles. The number of anilines is 1. The maximum Gasteiger partial charge on any atom is 0.0638 e. The lowest BCUT2D eigenvalue weighted by Crippen LogP contribution is -2.14. The van der Waals surface area contributed by atoms with Crippen LogP contribution in [0.2, 0.25) is 0 Å². The third-order valence-corrected chi connectivity index (χ3v) is 2.68. The van der Waals surface area contributed by atoms with Crippen molar-refractivity contribution in [1.29, 1.82) is 0 Å². The Hall–Kier alpha value is -0.740. The van der Waals surface area contributed by atoms with Crippen LogP contribution in [-0.2, 0) is 0 Å². The number of nitrogen functional groups attached to an aromatic ring is 1. The first-order valence-corrected chi connectivity index (χ1v) is 5.15. The number of hydrogen-bond donors (Lipinski definition) is 1. The molecule has 13 heavy (non-hydrogen) atoms. The molecule has 0 aliphatic carbocycles. The lowest BCUT2D eigenvalue weighted by molar-refractivity contribution is 0.437. The van der Waals surface area contributed by atoms with Crippen LogP contribution in [0.3, 0.4) is 0 Å². The molecule has 0 amide bonds. The number of nitrogens with two attached hydrogens (primary N) is 1. The van der Waals surface area contributed by atoms with Gasteiger partial charge in [-0.15, -0.1) is 11.8 Å². The SMILES string of the molecule is CN(C)CCSc1ccncc1N. The van der Waals surface area contributed by atoms with Crippen molar-refractivity contribution in [3.05, 3.63) is 18.5 Å². The number of thioether (sulfide) groups is 1. The molecule has 0 aliphatic heterocycles. The molecule has 0 saturated heterocycles. The van der Waals surface area contributed by atoms with Gasteiger partial charge in [0, 0.05) is 23.4 Å². The molecule has 72 valence electrons. The second-order valence-corrected chi connectivity index (χ2v) is 4.20. The van der Waals surface area contributed by atoms with E-state index in [9.17, 15) is 0 Å². The van der Waals surface area contributed by atoms with Gasteiger partial charge in [0.2, 0.25) is 0 Å². The van der Waals surface area contributed by atoms with Gasteiger partial charge in [0.1, 0.15) is 0 Å². The van der Waals surface area contributed by atoms with Crippen molar-refractivity contribution in [2.75, 3.05) is 32.1 Å². The van der Waals surface area contributed by atoms with Crippen molar-refractivity contribution in [3.8, 4) is 0 Å². The minimum absolute atomic E-state index is 0.770. The van der Waals surface area contributed by atoms with Gasteiger partial charge in [0.15, 0.2) is 0 Å². The van der Waals surface area contributed by atoms with Crippen molar-refractivity contribution in [2.24, 2.45) is 0 Å². The van der Waals surface area contributed by atoms with Gasteiger partial charge >= 0.3 is 0 Å². The molecule has 1 aromatic rings. The van der Waals surface area contributed by atoms with Gasteiger partial charge in [-0.25, -0.2) is 0 Å². The van der Waals surface area contributed by atoms with Gasteiger partial charge in [-0.3, -0.25) is 4.98 Å². The zero-order valence-electron chi connectivity index (χ0n) is 8.03. The first-order valence-electron chi connectivity index (χ1n) is 4.17. The molecule has 0 radical (unpaired) electrons. The Kier molecular flexibility index (Phi) is 4.05. The van der Waals surface area contributed by atoms with Crippen molar-refractivity contribution < 1.29 is 0 Å². The van der Waals surface area contributed by atoms with Crippen molar-refractivity contribution in [2.45, 2.75) is 4.90 Å². The molecule has 0 atom stereocenters. The van der Waals surface area contributed by atoms with Crippen molar-refractivity contribution in [3.63, 3.8) is 0 Å². The Morgan fingerprint density at radius 1 is 1.54 bits per heavy atom. The maximum atomic E-state index is 5.74. The smallest absolute Gasteiger partial charge is 0.0638 e. The molecule has 0 aromatic carbocycles. The molecule has 1 aromatic heterocycles. The molecule has 0 spiro atoms. The first-order chi connectivity index (χ1) is 6.20. The van der Waals surface area contributed by atoms with E-state index < -0.39 is 0 Å². The molecule has 0 bridgehead atoms. The normalized spacial score (nSPS) is 10.7. The van der Waals surface area contributed by atoms with Crippen LogP contribution in [-0.4, -0.2) is 36.3 Å². The summed E-state index contributed by atoms with van der Waals surface area (Å²) in [6.45, 7) is 1.06. The highest BCUT2D eigenvalue weighted by atomic mass is 32.2. The third kappa shape index (κ3) is 3.65. The molecule has 0 unspecified atom stereocenters. The standard InChI is InChI=1S/C9H15N3S/c1-12(2)5-6-13-9-3-4-11-7-8(9)10/h3-4,7H,5-6,10H2,1-2H3. The summed E-state index contributed by atoms with van der Waals surface area (Å²) in [4.78, 5) is 7.22. The van der Waals surface area contributed by atoms with Gasteiger partial charge in [-0.1, -0.05) is 0 Å². The van der Waals surface area contributed by atoms with E-state index >= 15 is 0 Å². The lowest BCUT2D eigenvalue weighted by Gasteiger charge is -2.09. The third-order valence-electron chi connectivity index (χ3n) is 1.61. The predicted molar refractivity (Wildman–Crippen MR) is 57.9 cm³/mol. The summed E-state index contributed by atoms with van der Waals surface area (Å²) in [5.74, 6) is 1.06. The second-order valence-electron chi connectivity index (χ2n) is 3.07. The van der Waals surface area contributed by atoms with E-state index in [-0.39, 0.29) is 0 Å². The minimum atomic E-state index is 0.770. The predicted octanol–water partition coefficient (Wildman–Crippen LogP) is 1.32. The van der Waals surface area contributed by atoms with Crippen LogP contribution in [0.15, 0.2) is 23.4 Å². The molecule has 3 nitrogen and oxygen atoms in total. The zero-order valence-corrected chi connectivity index (χ0v) is 8.84. The molecule has 1 rings (SSSR count). The van der Waals surface area contributed by atoms with Crippen molar-refractivity contribution in [1.82, 2.24) is 9.88 Å². The Morgan fingerprint density at radius 3 is 2.92 bits per heavy atom. The number of rotatable bonds is 4. The average Bonchev–Trinajstić information content (AvgIpc) is 2.08. The highest BCUT2D eigenvalue weighted by Crippen LogP contribution is 2.22. The van der Waals surface area contributed by atoms with Crippen LogP contribution >= 0.6 is 11.8 Å². The quantitative estimate of drug-likeness (QED) is 0.739. The number of nitrogens with zero attached hydrogens (tertiary/aromatic N) is 2. The highest BCUT2D eigenvalue weighted by molar-refractivity contribution is 7.99. The first kappa shape index (κ1) is 10.3. The molecule has 1 heterocycles. The molecule has 0 fully saturated rings. The topological polar surface area (TPSA) is 42.2 Å². The summed E-state index contributed by atoms with van der Waals surface area (Å²) in [5, 5.41) is 0. The average molecular weight is 197 g/mol. The summed E-state index contributed by atoms with van der Waals surface area (Å²) in [5.41, 5.74) is 6.51. The fourth-order valence-corrected chi connectivity index (χ4v) is 1.92. The van der Waals surface area contributed by atoms with Gasteiger partial charge in [-0.05, 0) is 20.2 Å². The zero-order chi connectivity index (χ0) is 9.68. The molecule has 0 aliphatic rings. The monoisotopic (exact) mass is 197 g/mol. The van der Waals surface area contributed by atoms with Crippen LogP contribution < -0.4 is 5.73 Å². The lowest BCUT2D eigenvalue weighted by atomic mass is 10.4. The van der Waals surface area contributed by atoms with Gasteiger partial charge in [-0.2, -0.15) is 0 Å². The number of hydrogen-bond acceptors (Lipinski definition) is 4. The number of aromatic nitrogens is 1. The van der Waals surface area contributed by atoms with Gasteiger partial charge in [0.05, 0.1) is 11.9 Å². The van der Waals surface area contributed by atoms with E-state index in [4.69, 9.17) is 5.73 Å². The Labute approximate surface area is 83.3 Å². The maximum absolute atomic E-state index is 5.74. The summed E-state index contributed by atoms with van der Waals surface area (Å²) in [6, 6.07) is 1.95. The van der Waals surface area contributed by atoms with E-state index in [2.05, 4.69) is 24.0 Å². The molecular formula is C9H15N3S. The van der Waals surface area contributed by atoms with Crippen LogP contribution in [0.4, 0.5) is 5.69 Å². The summed E-state index contributed by atoms with van der Waals surface area (Å²) < 4.78 is 0. The van der Waals surface area contributed by atoms with E-state index in [0.29, 0.717) is 0 Å². The molecular weight excluding hydrogens is 182 g/mol. The van der Waals surface area contributed by atoms with E-state index in [1.54, 1.807) is 24.2 Å². The van der Waals surface area contributed by atoms with Crippen LogP contribution in [0.1, 0.15) is 0 Å². The van der Waals surface area contributed by atoms with E-state index in [0.717, 1.165) is 22.9 Å². The summed E-state index contributed by atoms with van der Waals surface area (Å²) in [7, 11) is 4.13. The molecule has 4 heteroatoms. The Morgan fingerprint density at radius 2 is 2.31 bits per heavy atom. The van der Waals surface area contributed by atoms with Crippen LogP contribution in [0.5, 0.6) is 0 Å². The second kappa shape index (κ2) is 5.09. The van der Waals surface area contributed by atoms with Gasteiger partial charge < -0.3 is 10.6 Å². The largest absolute Gasteiger partial charge is 0.397 e. The van der Waals surface area contributed by atoms with E-state index in [1.807, 2.05) is 6.07 Å². The van der Waals surface area contributed by atoms with E-state index in [1.165, 1.54) is 0 Å². The fraction of sp³-hybridized carbons (Fsp3) is 0.444. The highest BCUT2D eigenvalue weighted by Gasteiger charge is 1.98. The minimum Gasteiger partial charge on any atom is -0.397 e. The Balaban J connectivity index is 2.41. The molecule has 2 N–H and O–H groups in total. The van der Waals surface area contributed by atoms with Crippen molar-refractivity contribution >= 4 is 17.4 Å². The summed E-state index contributed by atoms with van der Waals surface area (Å²) >= 11 is 1.77. The fourth-order valence-electron chi connectivity index (χ4n) is 0.864.